The van der Waals surface area contributed by atoms with Crippen LogP contribution in [0.1, 0.15) is 25.8 Å². The van der Waals surface area contributed by atoms with Crippen LogP contribution in [-0.4, -0.2) is 24.7 Å². The van der Waals surface area contributed by atoms with Gasteiger partial charge in [-0.3, -0.25) is 0 Å². The summed E-state index contributed by atoms with van der Waals surface area (Å²) in [6.45, 7) is 4.43. The standard InChI is InChI=1S/C20H25NO4/c1-3-24-19(22)13-12-17-15(2)8-7-11-18(17)21-20(23)25-14-16-9-5-4-6-10-16/h4-7,9-13,15,17-18H,3,8,14H2,1-2H3,(H,21,23)/b13-12+/t15-,17+,18-/m0/s1. The van der Waals surface area contributed by atoms with Crippen LogP contribution in [0.25, 0.3) is 0 Å². The highest BCUT2D eigenvalue weighted by molar-refractivity contribution is 5.82. The Morgan fingerprint density at radius 1 is 1.24 bits per heavy atom. The molecule has 1 aromatic rings. The molecule has 1 aromatic carbocycles. The Morgan fingerprint density at radius 3 is 2.72 bits per heavy atom. The predicted octanol–water partition coefficient (Wildman–Crippen LogP) is 3.61. The molecular weight excluding hydrogens is 318 g/mol. The topological polar surface area (TPSA) is 64.6 Å². The highest BCUT2D eigenvalue weighted by atomic mass is 16.5. The Balaban J connectivity index is 1.92. The summed E-state index contributed by atoms with van der Waals surface area (Å²) in [6.07, 6.45) is 7.67. The number of nitrogens with one attached hydrogen (secondary N) is 1. The fourth-order valence-electron chi connectivity index (χ4n) is 2.81. The molecule has 0 bridgehead atoms. The number of allylic oxidation sites excluding steroid dienone is 1. The minimum absolute atomic E-state index is 0.0127. The number of hydrogen-bond donors (Lipinski definition) is 1. The van der Waals surface area contributed by atoms with Gasteiger partial charge in [-0.2, -0.15) is 0 Å². The maximum absolute atomic E-state index is 12.1. The van der Waals surface area contributed by atoms with E-state index in [1.807, 2.05) is 48.6 Å². The van der Waals surface area contributed by atoms with Gasteiger partial charge in [0, 0.05) is 12.0 Å². The van der Waals surface area contributed by atoms with Crippen LogP contribution in [0.4, 0.5) is 4.79 Å². The normalized spacial score (nSPS) is 22.6. The van der Waals surface area contributed by atoms with Crippen molar-refractivity contribution in [1.29, 1.82) is 0 Å². The first kappa shape index (κ1) is 18.8. The monoisotopic (exact) mass is 343 g/mol. The van der Waals surface area contributed by atoms with E-state index >= 15 is 0 Å². The second kappa shape index (κ2) is 9.67. The van der Waals surface area contributed by atoms with Gasteiger partial charge in [0.25, 0.3) is 0 Å². The molecule has 5 nitrogen and oxygen atoms in total. The van der Waals surface area contributed by atoms with E-state index in [1.54, 1.807) is 6.92 Å². The third-order valence-corrected chi connectivity index (χ3v) is 4.16. The fourth-order valence-corrected chi connectivity index (χ4v) is 2.81. The quantitative estimate of drug-likeness (QED) is 0.487. The molecule has 1 aliphatic carbocycles. The van der Waals surface area contributed by atoms with Gasteiger partial charge in [-0.25, -0.2) is 9.59 Å². The number of alkyl carbamates (subject to hydrolysis) is 1. The lowest BCUT2D eigenvalue weighted by atomic mass is 9.80. The van der Waals surface area contributed by atoms with Crippen LogP contribution in [0.2, 0.25) is 0 Å². The van der Waals surface area contributed by atoms with Crippen LogP contribution in [0.5, 0.6) is 0 Å². The van der Waals surface area contributed by atoms with Crippen LogP contribution in [0, 0.1) is 11.8 Å². The molecule has 0 unspecified atom stereocenters. The second-order valence-corrected chi connectivity index (χ2v) is 6.06. The summed E-state index contributed by atoms with van der Waals surface area (Å²) in [5.41, 5.74) is 0.934. The summed E-state index contributed by atoms with van der Waals surface area (Å²) in [7, 11) is 0. The Hall–Kier alpha value is -2.56. The Labute approximate surface area is 148 Å². The summed E-state index contributed by atoms with van der Waals surface area (Å²) >= 11 is 0. The predicted molar refractivity (Wildman–Crippen MR) is 95.7 cm³/mol. The van der Waals surface area contributed by atoms with Crippen molar-refractivity contribution in [2.24, 2.45) is 11.8 Å². The first-order valence-corrected chi connectivity index (χ1v) is 8.59. The van der Waals surface area contributed by atoms with E-state index in [1.165, 1.54) is 6.08 Å². The lowest BCUT2D eigenvalue weighted by Gasteiger charge is -2.31. The van der Waals surface area contributed by atoms with Crippen molar-refractivity contribution >= 4 is 12.1 Å². The number of hydrogen-bond acceptors (Lipinski definition) is 4. The summed E-state index contributed by atoms with van der Waals surface area (Å²) < 4.78 is 10.2. The van der Waals surface area contributed by atoms with Gasteiger partial charge < -0.3 is 14.8 Å². The molecule has 25 heavy (non-hydrogen) atoms. The van der Waals surface area contributed by atoms with E-state index in [0.29, 0.717) is 12.5 Å². The van der Waals surface area contributed by atoms with Gasteiger partial charge in [0.05, 0.1) is 12.6 Å². The highest BCUT2D eigenvalue weighted by Gasteiger charge is 2.27. The van der Waals surface area contributed by atoms with Crippen molar-refractivity contribution in [2.45, 2.75) is 32.9 Å². The fraction of sp³-hybridized carbons (Fsp3) is 0.400. The van der Waals surface area contributed by atoms with E-state index in [2.05, 4.69) is 12.2 Å². The van der Waals surface area contributed by atoms with Gasteiger partial charge in [0.1, 0.15) is 6.61 Å². The van der Waals surface area contributed by atoms with Crippen molar-refractivity contribution in [2.75, 3.05) is 6.61 Å². The Kier molecular flexibility index (Phi) is 7.26. The molecule has 0 saturated carbocycles. The van der Waals surface area contributed by atoms with Crippen LogP contribution in [0.3, 0.4) is 0 Å². The van der Waals surface area contributed by atoms with Gasteiger partial charge >= 0.3 is 12.1 Å². The zero-order valence-corrected chi connectivity index (χ0v) is 14.7. The molecule has 134 valence electrons. The van der Waals surface area contributed by atoms with Crippen LogP contribution < -0.4 is 5.32 Å². The number of esters is 1. The molecule has 0 spiro atoms. The summed E-state index contributed by atoms with van der Waals surface area (Å²) in [5.74, 6) is -0.0524. The van der Waals surface area contributed by atoms with E-state index in [9.17, 15) is 9.59 Å². The van der Waals surface area contributed by atoms with Gasteiger partial charge in [0.15, 0.2) is 0 Å². The third kappa shape index (κ3) is 6.10. The van der Waals surface area contributed by atoms with Gasteiger partial charge in [-0.15, -0.1) is 0 Å². The van der Waals surface area contributed by atoms with Crippen molar-refractivity contribution in [3.63, 3.8) is 0 Å². The Bertz CT molecular complexity index is 624. The number of ether oxygens (including phenoxy) is 2. The van der Waals surface area contributed by atoms with Crippen LogP contribution in [-0.2, 0) is 20.9 Å². The van der Waals surface area contributed by atoms with Crippen LogP contribution in [0.15, 0.2) is 54.6 Å². The smallest absolute Gasteiger partial charge is 0.407 e. The molecule has 1 N–H and O–H groups in total. The zero-order valence-electron chi connectivity index (χ0n) is 14.7. The van der Waals surface area contributed by atoms with Gasteiger partial charge in [-0.05, 0) is 24.8 Å². The molecule has 0 heterocycles. The molecule has 0 fully saturated rings. The van der Waals surface area contributed by atoms with E-state index in [4.69, 9.17) is 9.47 Å². The average molecular weight is 343 g/mol. The second-order valence-electron chi connectivity index (χ2n) is 6.06. The van der Waals surface area contributed by atoms with E-state index < -0.39 is 6.09 Å². The molecule has 0 aromatic heterocycles. The molecule has 0 aliphatic heterocycles. The number of carbonyl (C=O) groups is 2. The van der Waals surface area contributed by atoms with Gasteiger partial charge in [0.2, 0.25) is 0 Å². The lowest BCUT2D eigenvalue weighted by molar-refractivity contribution is -0.137. The first-order chi connectivity index (χ1) is 12.1. The van der Waals surface area contributed by atoms with Crippen molar-refractivity contribution in [3.8, 4) is 0 Å². The molecule has 3 atom stereocenters. The minimum Gasteiger partial charge on any atom is -0.463 e. The third-order valence-electron chi connectivity index (χ3n) is 4.16. The number of carbonyl (C=O) groups excluding carboxylic acids is 2. The molecule has 2 rings (SSSR count). The minimum atomic E-state index is -0.470. The van der Waals surface area contributed by atoms with Crippen molar-refractivity contribution in [1.82, 2.24) is 5.32 Å². The molecule has 0 saturated heterocycles. The van der Waals surface area contributed by atoms with Crippen molar-refractivity contribution < 1.29 is 19.1 Å². The van der Waals surface area contributed by atoms with Crippen molar-refractivity contribution in [3.05, 3.63) is 60.2 Å². The average Bonchev–Trinajstić information content (AvgIpc) is 2.60. The van der Waals surface area contributed by atoms with Gasteiger partial charge in [-0.1, -0.05) is 55.5 Å². The highest BCUT2D eigenvalue weighted by Crippen LogP contribution is 2.26. The largest absolute Gasteiger partial charge is 0.463 e. The molecule has 1 aliphatic rings. The Morgan fingerprint density at radius 2 is 2.00 bits per heavy atom. The number of amides is 1. The molecule has 5 heteroatoms. The summed E-state index contributed by atoms with van der Waals surface area (Å²) in [4.78, 5) is 23.6. The maximum Gasteiger partial charge on any atom is 0.407 e. The number of rotatable bonds is 6. The van der Waals surface area contributed by atoms with E-state index in [-0.39, 0.29) is 24.5 Å². The summed E-state index contributed by atoms with van der Waals surface area (Å²) in [6, 6.07) is 9.31. The zero-order chi connectivity index (χ0) is 18.1. The summed E-state index contributed by atoms with van der Waals surface area (Å²) in [5, 5.41) is 2.87. The maximum atomic E-state index is 12.1. The molecular formula is C20H25NO4. The lowest BCUT2D eigenvalue weighted by Crippen LogP contribution is -2.42. The molecule has 0 radical (unpaired) electrons. The molecule has 1 amide bonds. The SMILES string of the molecule is CCOC(=O)/C=C/[C@H]1[C@@H](NC(=O)OCc2ccccc2)C=CC[C@@H]1C. The number of benzene rings is 1. The van der Waals surface area contributed by atoms with Crippen LogP contribution >= 0.6 is 0 Å². The van der Waals surface area contributed by atoms with E-state index in [0.717, 1.165) is 12.0 Å². The first-order valence-electron chi connectivity index (χ1n) is 8.59.